The lowest BCUT2D eigenvalue weighted by molar-refractivity contribution is 0.598. The van der Waals surface area contributed by atoms with Crippen LogP contribution in [0.15, 0.2) is 11.0 Å². The number of hydrogen-bond donors (Lipinski definition) is 1. The summed E-state index contributed by atoms with van der Waals surface area (Å²) < 4.78 is 1.61. The van der Waals surface area contributed by atoms with Crippen molar-refractivity contribution in [3.63, 3.8) is 0 Å². The van der Waals surface area contributed by atoms with Crippen molar-refractivity contribution in [3.05, 3.63) is 22.2 Å². The zero-order valence-corrected chi connectivity index (χ0v) is 8.08. The molecule has 0 spiro atoms. The first-order valence-corrected chi connectivity index (χ1v) is 4.48. The van der Waals surface area contributed by atoms with Crippen molar-refractivity contribution in [2.24, 2.45) is 0 Å². The molecule has 72 valence electrons. The molecular formula is C9H15N3O. The van der Waals surface area contributed by atoms with Crippen LogP contribution in [0.4, 0.5) is 5.82 Å². The Balaban J connectivity index is 2.95. The zero-order valence-electron chi connectivity index (χ0n) is 8.08. The highest BCUT2D eigenvalue weighted by Gasteiger charge is 2.00. The Morgan fingerprint density at radius 3 is 2.92 bits per heavy atom. The minimum atomic E-state index is -0.253. The van der Waals surface area contributed by atoms with Crippen LogP contribution in [-0.2, 0) is 6.54 Å². The number of nitrogen functional groups attached to an aromatic ring is 1. The molecule has 0 aromatic carbocycles. The number of hydrogen-bond acceptors (Lipinski definition) is 3. The molecule has 0 aliphatic heterocycles. The van der Waals surface area contributed by atoms with Crippen LogP contribution in [0.25, 0.3) is 0 Å². The van der Waals surface area contributed by atoms with Gasteiger partial charge in [-0.1, -0.05) is 13.3 Å². The molecule has 0 atom stereocenters. The highest BCUT2D eigenvalue weighted by Crippen LogP contribution is 2.02. The van der Waals surface area contributed by atoms with Gasteiger partial charge in [-0.15, -0.1) is 0 Å². The van der Waals surface area contributed by atoms with Crippen molar-refractivity contribution in [3.8, 4) is 0 Å². The molecule has 0 fully saturated rings. The maximum Gasteiger partial charge on any atom is 0.349 e. The van der Waals surface area contributed by atoms with Gasteiger partial charge in [0.25, 0.3) is 0 Å². The van der Waals surface area contributed by atoms with Gasteiger partial charge in [0.2, 0.25) is 0 Å². The van der Waals surface area contributed by atoms with Gasteiger partial charge in [-0.25, -0.2) is 4.79 Å². The van der Waals surface area contributed by atoms with Crippen molar-refractivity contribution in [1.82, 2.24) is 9.55 Å². The molecule has 0 amide bonds. The molecule has 0 radical (unpaired) electrons. The summed E-state index contributed by atoms with van der Waals surface area (Å²) >= 11 is 0. The van der Waals surface area contributed by atoms with Gasteiger partial charge in [0.05, 0.1) is 0 Å². The van der Waals surface area contributed by atoms with Gasteiger partial charge in [0, 0.05) is 18.3 Å². The second kappa shape index (κ2) is 4.07. The lowest BCUT2D eigenvalue weighted by Crippen LogP contribution is -2.24. The molecule has 0 saturated carbocycles. The largest absolute Gasteiger partial charge is 0.383 e. The zero-order chi connectivity index (χ0) is 9.84. The average Bonchev–Trinajstić information content (AvgIpc) is 2.09. The average molecular weight is 181 g/mol. The summed E-state index contributed by atoms with van der Waals surface area (Å²) in [6.45, 7) is 4.66. The van der Waals surface area contributed by atoms with E-state index >= 15 is 0 Å². The van der Waals surface area contributed by atoms with E-state index in [-0.39, 0.29) is 5.69 Å². The van der Waals surface area contributed by atoms with E-state index in [0.717, 1.165) is 24.9 Å². The fraction of sp³-hybridized carbons (Fsp3) is 0.556. The van der Waals surface area contributed by atoms with E-state index in [2.05, 4.69) is 11.9 Å². The number of aromatic nitrogens is 2. The predicted molar refractivity (Wildman–Crippen MR) is 52.6 cm³/mol. The van der Waals surface area contributed by atoms with Crippen LogP contribution < -0.4 is 11.4 Å². The van der Waals surface area contributed by atoms with Crippen LogP contribution in [0.3, 0.4) is 0 Å². The minimum absolute atomic E-state index is 0.253. The Labute approximate surface area is 77.4 Å². The van der Waals surface area contributed by atoms with E-state index in [1.807, 2.05) is 6.92 Å². The van der Waals surface area contributed by atoms with Crippen molar-refractivity contribution in [2.45, 2.75) is 33.2 Å². The van der Waals surface area contributed by atoms with Crippen LogP contribution >= 0.6 is 0 Å². The number of aryl methyl sites for hydroxylation is 2. The first-order valence-electron chi connectivity index (χ1n) is 4.48. The van der Waals surface area contributed by atoms with Gasteiger partial charge >= 0.3 is 5.69 Å². The maximum atomic E-state index is 11.3. The molecule has 0 unspecified atom stereocenters. The fourth-order valence-electron chi connectivity index (χ4n) is 1.10. The Morgan fingerprint density at radius 2 is 2.31 bits per heavy atom. The molecule has 0 bridgehead atoms. The topological polar surface area (TPSA) is 60.9 Å². The second-order valence-electron chi connectivity index (χ2n) is 3.14. The Bertz CT molecular complexity index is 343. The highest BCUT2D eigenvalue weighted by molar-refractivity contribution is 5.34. The minimum Gasteiger partial charge on any atom is -0.383 e. The number of unbranched alkanes of at least 4 members (excludes halogenated alkanes) is 1. The highest BCUT2D eigenvalue weighted by atomic mass is 16.1. The summed E-state index contributed by atoms with van der Waals surface area (Å²) in [7, 11) is 0. The SMILES string of the molecule is CCCCn1cc(C)c(N)nc1=O. The molecule has 0 aliphatic rings. The Kier molecular flexibility index (Phi) is 3.06. The van der Waals surface area contributed by atoms with Gasteiger partial charge < -0.3 is 5.73 Å². The molecule has 1 aromatic rings. The molecule has 4 heteroatoms. The molecule has 0 saturated heterocycles. The first-order chi connectivity index (χ1) is 6.15. The third-order valence-electron chi connectivity index (χ3n) is 1.97. The fourth-order valence-corrected chi connectivity index (χ4v) is 1.10. The summed E-state index contributed by atoms with van der Waals surface area (Å²) in [5, 5.41) is 0. The van der Waals surface area contributed by atoms with Crippen molar-refractivity contribution in [2.75, 3.05) is 5.73 Å². The summed E-state index contributed by atoms with van der Waals surface area (Å²) in [5.74, 6) is 0.331. The van der Waals surface area contributed by atoms with Crippen molar-refractivity contribution in [1.29, 1.82) is 0 Å². The summed E-state index contributed by atoms with van der Waals surface area (Å²) in [4.78, 5) is 15.0. The van der Waals surface area contributed by atoms with E-state index in [0.29, 0.717) is 5.82 Å². The van der Waals surface area contributed by atoms with Gasteiger partial charge in [0.1, 0.15) is 5.82 Å². The maximum absolute atomic E-state index is 11.3. The van der Waals surface area contributed by atoms with Crippen LogP contribution in [0.2, 0.25) is 0 Å². The van der Waals surface area contributed by atoms with Crippen molar-refractivity contribution < 1.29 is 0 Å². The predicted octanol–water partition coefficient (Wildman–Crippen LogP) is 0.934. The van der Waals surface area contributed by atoms with E-state index in [1.54, 1.807) is 10.8 Å². The number of nitrogens with zero attached hydrogens (tertiary/aromatic N) is 2. The van der Waals surface area contributed by atoms with Gasteiger partial charge in [0.15, 0.2) is 0 Å². The van der Waals surface area contributed by atoms with E-state index in [1.165, 1.54) is 0 Å². The summed E-state index contributed by atoms with van der Waals surface area (Å²) in [6, 6.07) is 0. The monoisotopic (exact) mass is 181 g/mol. The second-order valence-corrected chi connectivity index (χ2v) is 3.14. The molecule has 0 aliphatic carbocycles. The van der Waals surface area contributed by atoms with Gasteiger partial charge in [-0.2, -0.15) is 4.98 Å². The molecule has 1 aromatic heterocycles. The summed E-state index contributed by atoms with van der Waals surface area (Å²) in [6.07, 6.45) is 3.82. The quantitative estimate of drug-likeness (QED) is 0.754. The van der Waals surface area contributed by atoms with E-state index < -0.39 is 0 Å². The van der Waals surface area contributed by atoms with Crippen LogP contribution in [0.5, 0.6) is 0 Å². The molecule has 1 heterocycles. The number of anilines is 1. The van der Waals surface area contributed by atoms with Crippen LogP contribution in [0, 0.1) is 6.92 Å². The number of rotatable bonds is 3. The van der Waals surface area contributed by atoms with Crippen LogP contribution in [-0.4, -0.2) is 9.55 Å². The van der Waals surface area contributed by atoms with Gasteiger partial charge in [-0.05, 0) is 13.3 Å². The van der Waals surface area contributed by atoms with E-state index in [9.17, 15) is 4.79 Å². The third-order valence-corrected chi connectivity index (χ3v) is 1.97. The molecule has 2 N–H and O–H groups in total. The lowest BCUT2D eigenvalue weighted by atomic mass is 10.3. The van der Waals surface area contributed by atoms with Crippen LogP contribution in [0.1, 0.15) is 25.3 Å². The third kappa shape index (κ3) is 2.31. The van der Waals surface area contributed by atoms with E-state index in [4.69, 9.17) is 5.73 Å². The lowest BCUT2D eigenvalue weighted by Gasteiger charge is -2.05. The molecule has 4 nitrogen and oxygen atoms in total. The Morgan fingerprint density at radius 1 is 1.62 bits per heavy atom. The van der Waals surface area contributed by atoms with Crippen molar-refractivity contribution >= 4 is 5.82 Å². The normalized spacial score (nSPS) is 10.3. The molecular weight excluding hydrogens is 166 g/mol. The molecule has 13 heavy (non-hydrogen) atoms. The van der Waals surface area contributed by atoms with Gasteiger partial charge in [-0.3, -0.25) is 4.57 Å². The Hall–Kier alpha value is -1.32. The number of nitrogens with two attached hydrogens (primary N) is 1. The smallest absolute Gasteiger partial charge is 0.349 e. The first kappa shape index (κ1) is 9.77. The molecule has 1 rings (SSSR count). The standard InChI is InChI=1S/C9H15N3O/c1-3-4-5-12-6-7(2)8(10)11-9(12)13/h6H,3-5H2,1-2H3,(H2,10,11,13). The summed E-state index contributed by atoms with van der Waals surface area (Å²) in [5.41, 5.74) is 6.10.